The fourth-order valence-corrected chi connectivity index (χ4v) is 2.77. The Balaban J connectivity index is 1.74. The summed E-state index contributed by atoms with van der Waals surface area (Å²) in [6.07, 6.45) is 1.74. The molecule has 7 heteroatoms. The van der Waals surface area contributed by atoms with Crippen LogP contribution in [0.25, 0.3) is 11.0 Å². The molecule has 0 aliphatic carbocycles. The van der Waals surface area contributed by atoms with E-state index in [-0.39, 0.29) is 11.1 Å². The van der Waals surface area contributed by atoms with Gasteiger partial charge in [0.05, 0.1) is 17.2 Å². The lowest BCUT2D eigenvalue weighted by atomic mass is 10.1. The van der Waals surface area contributed by atoms with Crippen LogP contribution in [0.15, 0.2) is 57.7 Å². The van der Waals surface area contributed by atoms with Crippen molar-refractivity contribution >= 4 is 40.1 Å². The number of amides is 1. The number of para-hydroxylation sites is 1. The molecular weight excluding hydrogens is 382 g/mol. The molecule has 0 saturated heterocycles. The lowest BCUT2D eigenvalue weighted by molar-refractivity contribution is 0.0499. The molecule has 0 aliphatic heterocycles. The van der Waals surface area contributed by atoms with Crippen LogP contribution in [0.1, 0.15) is 40.5 Å². The Morgan fingerprint density at radius 2 is 1.89 bits per heavy atom. The number of benzene rings is 2. The Kier molecular flexibility index (Phi) is 6.11. The minimum absolute atomic E-state index is 0.141. The third-order valence-corrected chi connectivity index (χ3v) is 4.36. The molecule has 0 bridgehead atoms. The average molecular weight is 400 g/mol. The number of carbonyl (C=O) groups is 2. The van der Waals surface area contributed by atoms with E-state index in [9.17, 15) is 14.4 Å². The lowest BCUT2D eigenvalue weighted by Gasteiger charge is -2.07. The van der Waals surface area contributed by atoms with E-state index < -0.39 is 17.5 Å². The van der Waals surface area contributed by atoms with Crippen LogP contribution in [0, 0.1) is 0 Å². The summed E-state index contributed by atoms with van der Waals surface area (Å²) >= 11 is 6.00. The maximum atomic E-state index is 12.5. The van der Waals surface area contributed by atoms with Crippen molar-refractivity contribution in [1.82, 2.24) is 0 Å². The smallest absolute Gasteiger partial charge is 0.349 e. The zero-order valence-corrected chi connectivity index (χ0v) is 15.9. The van der Waals surface area contributed by atoms with Crippen molar-refractivity contribution in [3.8, 4) is 0 Å². The zero-order valence-electron chi connectivity index (χ0n) is 15.2. The molecule has 1 N–H and O–H groups in total. The normalized spacial score (nSPS) is 10.6. The van der Waals surface area contributed by atoms with Crippen LogP contribution in [-0.2, 0) is 4.74 Å². The number of carbonyl (C=O) groups excluding carboxylic acids is 2. The first kappa shape index (κ1) is 19.6. The molecule has 1 heterocycles. The van der Waals surface area contributed by atoms with Gasteiger partial charge in [0.25, 0.3) is 5.91 Å². The van der Waals surface area contributed by atoms with Gasteiger partial charge in [-0.25, -0.2) is 9.59 Å². The average Bonchev–Trinajstić information content (AvgIpc) is 2.69. The van der Waals surface area contributed by atoms with Crippen LogP contribution in [0.3, 0.4) is 0 Å². The molecule has 0 fully saturated rings. The maximum Gasteiger partial charge on any atom is 0.349 e. The van der Waals surface area contributed by atoms with Gasteiger partial charge in [-0.2, -0.15) is 0 Å². The lowest BCUT2D eigenvalue weighted by Crippen LogP contribution is -2.20. The number of hydrogen-bond acceptors (Lipinski definition) is 5. The standard InChI is InChI=1S/C21H18ClNO5/c1-2-3-11-27-20(25)13-7-9-15(10-8-13)23-19(24)16-12-14-5-4-6-17(22)18(14)28-21(16)26/h4-10,12H,2-3,11H2,1H3,(H,23,24). The van der Waals surface area contributed by atoms with Crippen molar-refractivity contribution in [3.63, 3.8) is 0 Å². The summed E-state index contributed by atoms with van der Waals surface area (Å²) in [5.74, 6) is -1.03. The number of hydrogen-bond donors (Lipinski definition) is 1. The van der Waals surface area contributed by atoms with Gasteiger partial charge in [0, 0.05) is 11.1 Å². The van der Waals surface area contributed by atoms with Crippen molar-refractivity contribution in [2.45, 2.75) is 19.8 Å². The summed E-state index contributed by atoms with van der Waals surface area (Å²) < 4.78 is 10.3. The number of unbranched alkanes of at least 4 members (excludes halogenated alkanes) is 1. The molecular formula is C21H18ClNO5. The Morgan fingerprint density at radius 1 is 1.14 bits per heavy atom. The maximum absolute atomic E-state index is 12.5. The van der Waals surface area contributed by atoms with Gasteiger partial charge in [-0.15, -0.1) is 0 Å². The van der Waals surface area contributed by atoms with Crippen LogP contribution < -0.4 is 10.9 Å². The first-order chi connectivity index (χ1) is 13.5. The molecule has 28 heavy (non-hydrogen) atoms. The fraction of sp³-hybridized carbons (Fsp3) is 0.190. The number of nitrogens with one attached hydrogen (secondary N) is 1. The largest absolute Gasteiger partial charge is 0.462 e. The predicted octanol–water partition coefficient (Wildman–Crippen LogP) is 4.66. The minimum atomic E-state index is -0.783. The van der Waals surface area contributed by atoms with E-state index in [4.69, 9.17) is 20.8 Å². The first-order valence-electron chi connectivity index (χ1n) is 8.80. The van der Waals surface area contributed by atoms with Crippen LogP contribution in [0.5, 0.6) is 0 Å². The summed E-state index contributed by atoms with van der Waals surface area (Å²) in [6.45, 7) is 2.38. The number of ether oxygens (including phenoxy) is 1. The molecule has 144 valence electrons. The Morgan fingerprint density at radius 3 is 2.61 bits per heavy atom. The van der Waals surface area contributed by atoms with Gasteiger partial charge < -0.3 is 14.5 Å². The van der Waals surface area contributed by atoms with Crippen molar-refractivity contribution in [1.29, 1.82) is 0 Å². The molecule has 0 unspecified atom stereocenters. The van der Waals surface area contributed by atoms with Crippen LogP contribution in [0.4, 0.5) is 5.69 Å². The number of fused-ring (bicyclic) bond motifs is 1. The van der Waals surface area contributed by atoms with E-state index in [2.05, 4.69) is 5.32 Å². The minimum Gasteiger partial charge on any atom is -0.462 e. The third kappa shape index (κ3) is 4.40. The van der Waals surface area contributed by atoms with Gasteiger partial charge in [0.15, 0.2) is 5.58 Å². The molecule has 0 aliphatic rings. The molecule has 6 nitrogen and oxygen atoms in total. The topological polar surface area (TPSA) is 85.6 Å². The molecule has 1 aromatic heterocycles. The monoisotopic (exact) mass is 399 g/mol. The van der Waals surface area contributed by atoms with Crippen molar-refractivity contribution < 1.29 is 18.7 Å². The number of esters is 1. The summed E-state index contributed by atoms with van der Waals surface area (Å²) in [4.78, 5) is 36.5. The molecule has 3 aromatic rings. The highest BCUT2D eigenvalue weighted by Crippen LogP contribution is 2.22. The molecule has 0 atom stereocenters. The summed E-state index contributed by atoms with van der Waals surface area (Å²) in [5, 5.41) is 3.45. The molecule has 2 aromatic carbocycles. The summed E-state index contributed by atoms with van der Waals surface area (Å²) in [7, 11) is 0. The van der Waals surface area contributed by atoms with Crippen molar-refractivity contribution in [2.24, 2.45) is 0 Å². The molecule has 3 rings (SSSR count). The van der Waals surface area contributed by atoms with Gasteiger partial charge in [-0.3, -0.25) is 4.79 Å². The highest BCUT2D eigenvalue weighted by Gasteiger charge is 2.15. The van der Waals surface area contributed by atoms with Gasteiger partial charge in [0.2, 0.25) is 0 Å². The first-order valence-corrected chi connectivity index (χ1v) is 9.18. The predicted molar refractivity (Wildman–Crippen MR) is 107 cm³/mol. The fourth-order valence-electron chi connectivity index (χ4n) is 2.55. The van der Waals surface area contributed by atoms with E-state index in [1.807, 2.05) is 6.92 Å². The molecule has 1 amide bonds. The van der Waals surface area contributed by atoms with Crippen molar-refractivity contribution in [3.05, 3.63) is 75.1 Å². The quantitative estimate of drug-likeness (QED) is 0.370. The third-order valence-electron chi connectivity index (χ3n) is 4.07. The molecule has 0 radical (unpaired) electrons. The van der Waals surface area contributed by atoms with E-state index in [0.717, 1.165) is 12.8 Å². The highest BCUT2D eigenvalue weighted by atomic mass is 35.5. The number of rotatable bonds is 6. The molecule has 0 spiro atoms. The van der Waals surface area contributed by atoms with Crippen LogP contribution in [0.2, 0.25) is 5.02 Å². The van der Waals surface area contributed by atoms with Crippen molar-refractivity contribution in [2.75, 3.05) is 11.9 Å². The zero-order chi connectivity index (χ0) is 20.1. The van der Waals surface area contributed by atoms with Crippen LogP contribution in [-0.4, -0.2) is 18.5 Å². The summed E-state index contributed by atoms with van der Waals surface area (Å²) in [6, 6.07) is 12.6. The second-order valence-electron chi connectivity index (χ2n) is 6.13. The second kappa shape index (κ2) is 8.71. The summed E-state index contributed by atoms with van der Waals surface area (Å²) in [5.41, 5.74) is 0.123. The Bertz CT molecular complexity index is 1070. The number of halogens is 1. The van der Waals surface area contributed by atoms with E-state index in [1.165, 1.54) is 6.07 Å². The second-order valence-corrected chi connectivity index (χ2v) is 6.53. The van der Waals surface area contributed by atoms with Gasteiger partial charge in [-0.05, 0) is 42.8 Å². The van der Waals surface area contributed by atoms with Crippen LogP contribution >= 0.6 is 11.6 Å². The Labute approximate surface area is 166 Å². The van der Waals surface area contributed by atoms with Gasteiger partial charge >= 0.3 is 11.6 Å². The Hall–Kier alpha value is -3.12. The van der Waals surface area contributed by atoms with Gasteiger partial charge in [-0.1, -0.05) is 37.1 Å². The SMILES string of the molecule is CCCCOC(=O)c1ccc(NC(=O)c2cc3cccc(Cl)c3oc2=O)cc1. The highest BCUT2D eigenvalue weighted by molar-refractivity contribution is 6.34. The van der Waals surface area contributed by atoms with E-state index in [0.29, 0.717) is 28.3 Å². The number of anilines is 1. The molecule has 0 saturated carbocycles. The van der Waals surface area contributed by atoms with E-state index >= 15 is 0 Å². The van der Waals surface area contributed by atoms with E-state index in [1.54, 1.807) is 42.5 Å². The van der Waals surface area contributed by atoms with Gasteiger partial charge in [0.1, 0.15) is 5.56 Å².